The number of carbonyl (C=O) groups is 2. The smallest absolute Gasteiger partial charge is 0.315 e. The fourth-order valence-electron chi connectivity index (χ4n) is 4.11. The first-order valence-corrected chi connectivity index (χ1v) is 10.7. The van der Waals surface area contributed by atoms with Gasteiger partial charge in [-0.05, 0) is 55.6 Å². The molecule has 1 aliphatic heterocycles. The number of aromatic nitrogens is 1. The summed E-state index contributed by atoms with van der Waals surface area (Å²) in [6.45, 7) is 6.26. The number of nitrogens with one attached hydrogen (secondary N) is 2. The zero-order valence-electron chi connectivity index (χ0n) is 17.9. The fourth-order valence-corrected chi connectivity index (χ4v) is 4.11. The van der Waals surface area contributed by atoms with Crippen LogP contribution >= 0.6 is 0 Å². The molecule has 3 amide bonds. The molecule has 2 N–H and O–H groups in total. The van der Waals surface area contributed by atoms with Crippen LogP contribution in [-0.4, -0.2) is 42.2 Å². The lowest BCUT2D eigenvalue weighted by Gasteiger charge is -2.18. The van der Waals surface area contributed by atoms with Gasteiger partial charge in [-0.3, -0.25) is 4.79 Å². The van der Waals surface area contributed by atoms with E-state index < -0.39 is 0 Å². The van der Waals surface area contributed by atoms with Crippen LogP contribution < -0.4 is 20.3 Å². The summed E-state index contributed by atoms with van der Waals surface area (Å²) in [6, 6.07) is 17.4. The van der Waals surface area contributed by atoms with Gasteiger partial charge in [-0.2, -0.15) is 0 Å². The predicted molar refractivity (Wildman–Crippen MR) is 122 cm³/mol. The predicted octanol–water partition coefficient (Wildman–Crippen LogP) is 3.45. The van der Waals surface area contributed by atoms with Gasteiger partial charge in [-0.25, -0.2) is 4.79 Å². The normalized spacial score (nSPS) is 16.0. The highest BCUT2D eigenvalue weighted by molar-refractivity contribution is 5.96. The molecule has 7 nitrogen and oxygen atoms in total. The lowest BCUT2D eigenvalue weighted by molar-refractivity contribution is -0.117. The van der Waals surface area contributed by atoms with Crippen molar-refractivity contribution in [2.75, 3.05) is 24.6 Å². The largest absolute Gasteiger partial charge is 0.494 e. The third-order valence-electron chi connectivity index (χ3n) is 5.56. The first-order valence-electron chi connectivity index (χ1n) is 10.7. The zero-order chi connectivity index (χ0) is 21.8. The van der Waals surface area contributed by atoms with E-state index in [0.717, 1.165) is 22.6 Å². The summed E-state index contributed by atoms with van der Waals surface area (Å²) in [7, 11) is 0. The van der Waals surface area contributed by atoms with E-state index >= 15 is 0 Å². The van der Waals surface area contributed by atoms with Crippen molar-refractivity contribution < 1.29 is 14.3 Å². The molecule has 0 saturated carbocycles. The summed E-state index contributed by atoms with van der Waals surface area (Å²) in [5.41, 5.74) is 3.14. The highest BCUT2D eigenvalue weighted by atomic mass is 16.5. The molecule has 1 fully saturated rings. The molecule has 2 heterocycles. The van der Waals surface area contributed by atoms with Gasteiger partial charge in [0.15, 0.2) is 0 Å². The highest BCUT2D eigenvalue weighted by Crippen LogP contribution is 2.24. The monoisotopic (exact) mass is 420 g/mol. The molecule has 1 aliphatic rings. The van der Waals surface area contributed by atoms with Crippen molar-refractivity contribution in [3.63, 3.8) is 0 Å². The topological polar surface area (TPSA) is 75.6 Å². The van der Waals surface area contributed by atoms with E-state index in [1.165, 1.54) is 5.39 Å². The van der Waals surface area contributed by atoms with Gasteiger partial charge in [-0.15, -0.1) is 0 Å². The second kappa shape index (κ2) is 9.12. The van der Waals surface area contributed by atoms with E-state index in [-0.39, 0.29) is 18.0 Å². The molecule has 1 unspecified atom stereocenters. The van der Waals surface area contributed by atoms with Crippen LogP contribution in [0, 0.1) is 6.92 Å². The zero-order valence-corrected chi connectivity index (χ0v) is 17.9. The number of nitrogens with zero attached hydrogens (tertiary/aromatic N) is 2. The van der Waals surface area contributed by atoms with Gasteiger partial charge in [0.05, 0.1) is 12.6 Å². The number of fused-ring (bicyclic) bond motifs is 1. The standard InChI is InChI=1S/C24H28N4O3/c1-3-31-21-10-8-20(9-11-21)28-16-19(15-23(28)29)26-24(30)25-12-13-27-17(2)14-18-6-4-5-7-22(18)27/h4-11,14,19H,3,12-13,15-16H2,1-2H3,(H2,25,26,30). The Morgan fingerprint density at radius 1 is 1.16 bits per heavy atom. The van der Waals surface area contributed by atoms with Gasteiger partial charge in [0, 0.05) is 43.0 Å². The highest BCUT2D eigenvalue weighted by Gasteiger charge is 2.31. The quantitative estimate of drug-likeness (QED) is 0.615. The molecule has 2 aromatic carbocycles. The number of ether oxygens (including phenoxy) is 1. The molecular formula is C24H28N4O3. The molecule has 0 spiro atoms. The number of para-hydroxylation sites is 1. The maximum absolute atomic E-state index is 12.4. The van der Waals surface area contributed by atoms with Crippen molar-refractivity contribution in [3.05, 3.63) is 60.3 Å². The number of benzene rings is 2. The van der Waals surface area contributed by atoms with Crippen LogP contribution in [0.15, 0.2) is 54.6 Å². The molecule has 1 saturated heterocycles. The molecule has 0 bridgehead atoms. The van der Waals surface area contributed by atoms with Crippen LogP contribution in [0.3, 0.4) is 0 Å². The third-order valence-corrected chi connectivity index (χ3v) is 5.56. The molecule has 162 valence electrons. The van der Waals surface area contributed by atoms with Crippen LogP contribution in [0.1, 0.15) is 19.0 Å². The van der Waals surface area contributed by atoms with Gasteiger partial charge in [-0.1, -0.05) is 18.2 Å². The van der Waals surface area contributed by atoms with Crippen molar-refractivity contribution in [1.29, 1.82) is 0 Å². The molecule has 31 heavy (non-hydrogen) atoms. The average molecular weight is 421 g/mol. The number of amides is 3. The Kier molecular flexibility index (Phi) is 6.11. The minimum Gasteiger partial charge on any atom is -0.494 e. The van der Waals surface area contributed by atoms with Gasteiger partial charge < -0.3 is 24.8 Å². The second-order valence-electron chi connectivity index (χ2n) is 7.73. The Hall–Kier alpha value is -3.48. The van der Waals surface area contributed by atoms with Crippen LogP contribution in [0.25, 0.3) is 10.9 Å². The lowest BCUT2D eigenvalue weighted by Crippen LogP contribution is -2.44. The summed E-state index contributed by atoms with van der Waals surface area (Å²) in [5, 5.41) is 7.04. The summed E-state index contributed by atoms with van der Waals surface area (Å²) >= 11 is 0. The Bertz CT molecular complexity index is 1070. The van der Waals surface area contributed by atoms with Gasteiger partial charge >= 0.3 is 6.03 Å². The SMILES string of the molecule is CCOc1ccc(N2CC(NC(=O)NCCn3c(C)cc4ccccc43)CC2=O)cc1. The summed E-state index contributed by atoms with van der Waals surface area (Å²) < 4.78 is 7.65. The summed E-state index contributed by atoms with van der Waals surface area (Å²) in [5.74, 6) is 0.779. The Morgan fingerprint density at radius 3 is 2.71 bits per heavy atom. The van der Waals surface area contributed by atoms with Crippen LogP contribution in [0.4, 0.5) is 10.5 Å². The minimum atomic E-state index is -0.250. The molecule has 4 rings (SSSR count). The van der Waals surface area contributed by atoms with E-state index in [9.17, 15) is 9.59 Å². The third kappa shape index (κ3) is 4.66. The fraction of sp³-hybridized carbons (Fsp3) is 0.333. The summed E-state index contributed by atoms with van der Waals surface area (Å²) in [6.07, 6.45) is 0.294. The number of aryl methyl sites for hydroxylation is 1. The van der Waals surface area contributed by atoms with E-state index in [1.807, 2.05) is 43.3 Å². The van der Waals surface area contributed by atoms with E-state index in [2.05, 4.69) is 40.3 Å². The average Bonchev–Trinajstić information content (AvgIpc) is 3.28. The van der Waals surface area contributed by atoms with Crippen molar-refractivity contribution in [2.24, 2.45) is 0 Å². The van der Waals surface area contributed by atoms with Gasteiger partial charge in [0.1, 0.15) is 5.75 Å². The number of carbonyl (C=O) groups excluding carboxylic acids is 2. The first kappa shape index (κ1) is 20.8. The van der Waals surface area contributed by atoms with Crippen LogP contribution in [0.2, 0.25) is 0 Å². The number of urea groups is 1. The van der Waals surface area contributed by atoms with Crippen molar-refractivity contribution >= 4 is 28.5 Å². The first-order chi connectivity index (χ1) is 15.0. The van der Waals surface area contributed by atoms with Crippen molar-refractivity contribution in [2.45, 2.75) is 32.9 Å². The summed E-state index contributed by atoms with van der Waals surface area (Å²) in [4.78, 5) is 26.5. The molecule has 1 atom stereocenters. The lowest BCUT2D eigenvalue weighted by atomic mass is 10.2. The maximum atomic E-state index is 12.4. The van der Waals surface area contributed by atoms with E-state index in [0.29, 0.717) is 32.7 Å². The molecule has 0 radical (unpaired) electrons. The van der Waals surface area contributed by atoms with E-state index in [4.69, 9.17) is 4.74 Å². The molecule has 7 heteroatoms. The van der Waals surface area contributed by atoms with Crippen molar-refractivity contribution in [1.82, 2.24) is 15.2 Å². The number of hydrogen-bond donors (Lipinski definition) is 2. The van der Waals surface area contributed by atoms with Crippen LogP contribution in [-0.2, 0) is 11.3 Å². The number of anilines is 1. The van der Waals surface area contributed by atoms with Gasteiger partial charge in [0.2, 0.25) is 5.91 Å². The number of hydrogen-bond acceptors (Lipinski definition) is 3. The molecule has 0 aliphatic carbocycles. The molecule has 1 aromatic heterocycles. The van der Waals surface area contributed by atoms with Gasteiger partial charge in [0.25, 0.3) is 0 Å². The van der Waals surface area contributed by atoms with Crippen LogP contribution in [0.5, 0.6) is 5.75 Å². The molecule has 3 aromatic rings. The number of rotatable bonds is 7. The molecular weight excluding hydrogens is 392 g/mol. The maximum Gasteiger partial charge on any atom is 0.315 e. The Morgan fingerprint density at radius 2 is 1.94 bits per heavy atom. The Labute approximate surface area is 182 Å². The Balaban J connectivity index is 1.28. The van der Waals surface area contributed by atoms with E-state index in [1.54, 1.807) is 4.90 Å². The second-order valence-corrected chi connectivity index (χ2v) is 7.73. The minimum absolute atomic E-state index is 0.00361. The van der Waals surface area contributed by atoms with Crippen molar-refractivity contribution in [3.8, 4) is 5.75 Å².